The Morgan fingerprint density at radius 2 is 2.29 bits per heavy atom. The van der Waals surface area contributed by atoms with Crippen LogP contribution in [0.5, 0.6) is 0 Å². The Balaban J connectivity index is 2.43. The molecular formula is C10H13N3O. The van der Waals surface area contributed by atoms with E-state index in [4.69, 9.17) is 5.73 Å². The van der Waals surface area contributed by atoms with E-state index in [-0.39, 0.29) is 6.04 Å². The van der Waals surface area contributed by atoms with Gasteiger partial charge in [-0.05, 0) is 30.7 Å². The number of rotatable bonds is 2. The van der Waals surface area contributed by atoms with Crippen molar-refractivity contribution in [3.05, 3.63) is 36.2 Å². The zero-order valence-corrected chi connectivity index (χ0v) is 7.96. The van der Waals surface area contributed by atoms with Gasteiger partial charge in [0.2, 0.25) is 0 Å². The SMILES string of the molecule is CC(N)C(O)c1ccn2nccc2c1. The topological polar surface area (TPSA) is 63.5 Å². The van der Waals surface area contributed by atoms with Gasteiger partial charge < -0.3 is 10.8 Å². The van der Waals surface area contributed by atoms with Gasteiger partial charge >= 0.3 is 0 Å². The third-order valence-corrected chi connectivity index (χ3v) is 2.26. The fourth-order valence-corrected chi connectivity index (χ4v) is 1.43. The molecule has 0 amide bonds. The van der Waals surface area contributed by atoms with Crippen molar-refractivity contribution < 1.29 is 5.11 Å². The second kappa shape index (κ2) is 3.40. The summed E-state index contributed by atoms with van der Waals surface area (Å²) < 4.78 is 1.75. The molecule has 0 spiro atoms. The molecular weight excluding hydrogens is 178 g/mol. The lowest BCUT2D eigenvalue weighted by molar-refractivity contribution is 0.153. The second-order valence-corrected chi connectivity index (χ2v) is 3.46. The molecule has 0 fully saturated rings. The van der Waals surface area contributed by atoms with Crippen molar-refractivity contribution in [1.29, 1.82) is 0 Å². The van der Waals surface area contributed by atoms with Crippen molar-refractivity contribution in [2.45, 2.75) is 19.1 Å². The van der Waals surface area contributed by atoms with Crippen LogP contribution in [-0.2, 0) is 0 Å². The highest BCUT2D eigenvalue weighted by Crippen LogP contribution is 2.16. The van der Waals surface area contributed by atoms with Crippen LogP contribution in [0.25, 0.3) is 5.52 Å². The summed E-state index contributed by atoms with van der Waals surface area (Å²) in [6.07, 6.45) is 2.92. The molecule has 2 atom stereocenters. The minimum Gasteiger partial charge on any atom is -0.387 e. The molecule has 14 heavy (non-hydrogen) atoms. The molecule has 0 aliphatic rings. The first-order valence-electron chi connectivity index (χ1n) is 4.55. The summed E-state index contributed by atoms with van der Waals surface area (Å²) in [6.45, 7) is 1.78. The Morgan fingerprint density at radius 3 is 3.00 bits per heavy atom. The maximum atomic E-state index is 9.74. The van der Waals surface area contributed by atoms with E-state index in [2.05, 4.69) is 5.10 Å². The molecule has 2 rings (SSSR count). The number of hydrogen-bond donors (Lipinski definition) is 2. The van der Waals surface area contributed by atoms with Crippen LogP contribution in [0, 0.1) is 0 Å². The van der Waals surface area contributed by atoms with Gasteiger partial charge in [-0.15, -0.1) is 0 Å². The molecule has 4 heteroatoms. The number of hydrogen-bond acceptors (Lipinski definition) is 3. The lowest BCUT2D eigenvalue weighted by atomic mass is 10.1. The van der Waals surface area contributed by atoms with Crippen molar-refractivity contribution >= 4 is 5.52 Å². The van der Waals surface area contributed by atoms with Crippen molar-refractivity contribution in [2.24, 2.45) is 5.73 Å². The van der Waals surface area contributed by atoms with Gasteiger partial charge in [0.25, 0.3) is 0 Å². The zero-order valence-electron chi connectivity index (χ0n) is 7.96. The summed E-state index contributed by atoms with van der Waals surface area (Å²) in [5, 5.41) is 13.8. The molecule has 0 aromatic carbocycles. The fourth-order valence-electron chi connectivity index (χ4n) is 1.43. The van der Waals surface area contributed by atoms with Gasteiger partial charge in [0.1, 0.15) is 0 Å². The molecule has 74 valence electrons. The predicted molar refractivity (Wildman–Crippen MR) is 53.8 cm³/mol. The summed E-state index contributed by atoms with van der Waals surface area (Å²) in [5.74, 6) is 0. The van der Waals surface area contributed by atoms with Crippen molar-refractivity contribution in [3.63, 3.8) is 0 Å². The smallest absolute Gasteiger partial charge is 0.0939 e. The normalized spacial score (nSPS) is 15.6. The highest BCUT2D eigenvalue weighted by atomic mass is 16.3. The first-order chi connectivity index (χ1) is 6.68. The second-order valence-electron chi connectivity index (χ2n) is 3.46. The van der Waals surface area contributed by atoms with Crippen molar-refractivity contribution in [2.75, 3.05) is 0 Å². The quantitative estimate of drug-likeness (QED) is 0.735. The monoisotopic (exact) mass is 191 g/mol. The van der Waals surface area contributed by atoms with Gasteiger partial charge in [0.05, 0.1) is 11.6 Å². The number of aliphatic hydroxyl groups excluding tert-OH is 1. The highest BCUT2D eigenvalue weighted by molar-refractivity contribution is 5.48. The van der Waals surface area contributed by atoms with E-state index in [0.717, 1.165) is 11.1 Å². The summed E-state index contributed by atoms with van der Waals surface area (Å²) in [7, 11) is 0. The van der Waals surface area contributed by atoms with Gasteiger partial charge in [0, 0.05) is 18.4 Å². The third kappa shape index (κ3) is 1.49. The maximum absolute atomic E-state index is 9.74. The van der Waals surface area contributed by atoms with E-state index >= 15 is 0 Å². The van der Waals surface area contributed by atoms with Gasteiger partial charge in [0.15, 0.2) is 0 Å². The first kappa shape index (κ1) is 9.18. The Bertz CT molecular complexity index is 436. The van der Waals surface area contributed by atoms with E-state index in [1.165, 1.54) is 0 Å². The Kier molecular flexibility index (Phi) is 2.23. The molecule has 2 aromatic heterocycles. The molecule has 0 saturated heterocycles. The average Bonchev–Trinajstić information content (AvgIpc) is 2.62. The lowest BCUT2D eigenvalue weighted by Gasteiger charge is -2.14. The number of aliphatic hydroxyl groups is 1. The van der Waals surface area contributed by atoms with Gasteiger partial charge in [-0.3, -0.25) is 0 Å². The van der Waals surface area contributed by atoms with Gasteiger partial charge in [-0.25, -0.2) is 4.52 Å². The maximum Gasteiger partial charge on any atom is 0.0939 e. The van der Waals surface area contributed by atoms with Crippen LogP contribution in [0.3, 0.4) is 0 Å². The highest BCUT2D eigenvalue weighted by Gasteiger charge is 2.12. The third-order valence-electron chi connectivity index (χ3n) is 2.26. The Labute approximate surface area is 82.0 Å². The number of nitrogens with zero attached hydrogens (tertiary/aromatic N) is 2. The molecule has 2 heterocycles. The number of nitrogens with two attached hydrogens (primary N) is 1. The first-order valence-corrected chi connectivity index (χ1v) is 4.55. The van der Waals surface area contributed by atoms with Crippen LogP contribution in [0.1, 0.15) is 18.6 Å². The van der Waals surface area contributed by atoms with Crippen LogP contribution in [-0.4, -0.2) is 20.8 Å². The minimum absolute atomic E-state index is 0.264. The summed E-state index contributed by atoms with van der Waals surface area (Å²) in [5.41, 5.74) is 7.40. The van der Waals surface area contributed by atoms with Crippen molar-refractivity contribution in [3.8, 4) is 0 Å². The number of aromatic nitrogens is 2. The fraction of sp³-hybridized carbons (Fsp3) is 0.300. The zero-order chi connectivity index (χ0) is 10.1. The Morgan fingerprint density at radius 1 is 1.50 bits per heavy atom. The van der Waals surface area contributed by atoms with Gasteiger partial charge in [-0.2, -0.15) is 5.10 Å². The van der Waals surface area contributed by atoms with Crippen LogP contribution in [0.2, 0.25) is 0 Å². The van der Waals surface area contributed by atoms with Gasteiger partial charge in [-0.1, -0.05) is 0 Å². The molecule has 0 aliphatic carbocycles. The molecule has 2 aromatic rings. The number of pyridine rings is 1. The standard InChI is InChI=1S/C10H13N3O/c1-7(11)10(14)8-3-5-13-9(6-8)2-4-12-13/h2-7,10,14H,11H2,1H3. The van der Waals surface area contributed by atoms with E-state index < -0.39 is 6.10 Å². The van der Waals surface area contributed by atoms with E-state index in [9.17, 15) is 5.11 Å². The summed E-state index contributed by atoms with van der Waals surface area (Å²) in [4.78, 5) is 0. The molecule has 0 radical (unpaired) electrons. The van der Waals surface area contributed by atoms with E-state index in [1.54, 1.807) is 17.6 Å². The molecule has 4 nitrogen and oxygen atoms in total. The molecule has 0 bridgehead atoms. The summed E-state index contributed by atoms with van der Waals surface area (Å²) in [6, 6.07) is 5.34. The van der Waals surface area contributed by atoms with Crippen LogP contribution >= 0.6 is 0 Å². The van der Waals surface area contributed by atoms with Crippen LogP contribution in [0.4, 0.5) is 0 Å². The molecule has 2 unspecified atom stereocenters. The van der Waals surface area contributed by atoms with Crippen LogP contribution in [0.15, 0.2) is 30.6 Å². The molecule has 0 saturated carbocycles. The van der Waals surface area contributed by atoms with E-state index in [1.807, 2.05) is 24.4 Å². The Hall–Kier alpha value is -1.39. The summed E-state index contributed by atoms with van der Waals surface area (Å²) >= 11 is 0. The lowest BCUT2D eigenvalue weighted by Crippen LogP contribution is -2.24. The average molecular weight is 191 g/mol. The predicted octanol–water partition coefficient (Wildman–Crippen LogP) is 0.715. The van der Waals surface area contributed by atoms with E-state index in [0.29, 0.717) is 0 Å². The minimum atomic E-state index is -0.616. The number of fused-ring (bicyclic) bond motifs is 1. The van der Waals surface area contributed by atoms with Crippen molar-refractivity contribution in [1.82, 2.24) is 9.61 Å². The molecule has 3 N–H and O–H groups in total. The van der Waals surface area contributed by atoms with Crippen LogP contribution < -0.4 is 5.73 Å². The molecule has 0 aliphatic heterocycles. The largest absolute Gasteiger partial charge is 0.387 e.